The number of rotatable bonds is 3. The van der Waals surface area contributed by atoms with Crippen LogP contribution in [0.15, 0.2) is 33.8 Å². The van der Waals surface area contributed by atoms with Crippen LogP contribution in [0.25, 0.3) is 11.1 Å². The SMILES string of the molecule is Cn1ncc(-c2ccc(S(=O)(=O)C3COC3)c(Br)c2)c1N. The van der Waals surface area contributed by atoms with E-state index in [9.17, 15) is 8.42 Å². The van der Waals surface area contributed by atoms with Crippen molar-refractivity contribution in [1.29, 1.82) is 0 Å². The second-order valence-electron chi connectivity index (χ2n) is 4.92. The van der Waals surface area contributed by atoms with Crippen LogP contribution >= 0.6 is 15.9 Å². The quantitative estimate of drug-likeness (QED) is 0.885. The number of sulfone groups is 1. The van der Waals surface area contributed by atoms with Gasteiger partial charge in [0.05, 0.1) is 24.3 Å². The first-order valence-electron chi connectivity index (χ1n) is 6.30. The lowest BCUT2D eigenvalue weighted by Crippen LogP contribution is -2.40. The highest BCUT2D eigenvalue weighted by atomic mass is 79.9. The first kappa shape index (κ1) is 14.6. The highest BCUT2D eigenvalue weighted by Crippen LogP contribution is 2.33. The standard InChI is InChI=1S/C13H14BrN3O3S/c1-17-13(15)10(5-16-17)8-2-3-12(11(14)4-8)21(18,19)9-6-20-7-9/h2-5,9H,6-7,15H2,1H3. The molecular weight excluding hydrogens is 358 g/mol. The van der Waals surface area contributed by atoms with E-state index < -0.39 is 15.1 Å². The lowest BCUT2D eigenvalue weighted by molar-refractivity contribution is 0.0416. The number of hydrogen-bond donors (Lipinski definition) is 1. The summed E-state index contributed by atoms with van der Waals surface area (Å²) in [5, 5.41) is 3.63. The molecule has 1 aliphatic heterocycles. The largest absolute Gasteiger partial charge is 0.383 e. The Bertz CT molecular complexity index is 797. The van der Waals surface area contributed by atoms with Gasteiger partial charge in [0, 0.05) is 17.1 Å². The van der Waals surface area contributed by atoms with E-state index in [1.54, 1.807) is 36.1 Å². The maximum absolute atomic E-state index is 12.4. The number of aryl methyl sites for hydroxylation is 1. The van der Waals surface area contributed by atoms with Gasteiger partial charge in [-0.15, -0.1) is 0 Å². The second-order valence-corrected chi connectivity index (χ2v) is 7.97. The van der Waals surface area contributed by atoms with Crippen molar-refractivity contribution in [3.05, 3.63) is 28.9 Å². The van der Waals surface area contributed by atoms with Crippen LogP contribution in [-0.2, 0) is 21.6 Å². The first-order valence-corrected chi connectivity index (χ1v) is 8.64. The third kappa shape index (κ3) is 2.37. The van der Waals surface area contributed by atoms with E-state index in [0.717, 1.165) is 11.1 Å². The Morgan fingerprint density at radius 3 is 2.62 bits per heavy atom. The molecule has 1 fully saturated rings. The molecule has 2 aromatic rings. The van der Waals surface area contributed by atoms with Crippen LogP contribution in [0, 0.1) is 0 Å². The van der Waals surface area contributed by atoms with Crippen LogP contribution in [0.5, 0.6) is 0 Å². The first-order chi connectivity index (χ1) is 9.91. The van der Waals surface area contributed by atoms with E-state index in [0.29, 0.717) is 10.3 Å². The normalized spacial score (nSPS) is 15.9. The van der Waals surface area contributed by atoms with Crippen molar-refractivity contribution in [1.82, 2.24) is 9.78 Å². The zero-order chi connectivity index (χ0) is 15.2. The Kier molecular flexibility index (Phi) is 3.54. The number of anilines is 1. The van der Waals surface area contributed by atoms with E-state index in [-0.39, 0.29) is 18.1 Å². The zero-order valence-corrected chi connectivity index (χ0v) is 13.7. The summed E-state index contributed by atoms with van der Waals surface area (Å²) in [5.41, 5.74) is 7.53. The summed E-state index contributed by atoms with van der Waals surface area (Å²) in [7, 11) is -1.61. The van der Waals surface area contributed by atoms with Gasteiger partial charge in [-0.25, -0.2) is 8.42 Å². The van der Waals surface area contributed by atoms with E-state index in [4.69, 9.17) is 10.5 Å². The number of halogens is 1. The Morgan fingerprint density at radius 2 is 2.14 bits per heavy atom. The van der Waals surface area contributed by atoms with Gasteiger partial charge >= 0.3 is 0 Å². The van der Waals surface area contributed by atoms with Crippen LogP contribution in [0.4, 0.5) is 5.82 Å². The molecule has 2 heterocycles. The van der Waals surface area contributed by atoms with Crippen molar-refractivity contribution >= 4 is 31.6 Å². The fourth-order valence-electron chi connectivity index (χ4n) is 2.14. The van der Waals surface area contributed by atoms with Crippen LogP contribution in [0.3, 0.4) is 0 Å². The monoisotopic (exact) mass is 371 g/mol. The predicted octanol–water partition coefficient (Wildman–Crippen LogP) is 1.60. The third-order valence-electron chi connectivity index (χ3n) is 3.58. The molecular formula is C13H14BrN3O3S. The van der Waals surface area contributed by atoms with Gasteiger partial charge in [-0.3, -0.25) is 4.68 Å². The van der Waals surface area contributed by atoms with E-state index in [1.807, 2.05) is 0 Å². The van der Waals surface area contributed by atoms with Crippen molar-refractivity contribution in [3.63, 3.8) is 0 Å². The number of nitrogens with zero attached hydrogens (tertiary/aromatic N) is 2. The summed E-state index contributed by atoms with van der Waals surface area (Å²) in [5.74, 6) is 0.532. The Morgan fingerprint density at radius 1 is 1.43 bits per heavy atom. The second kappa shape index (κ2) is 5.11. The number of benzene rings is 1. The van der Waals surface area contributed by atoms with Crippen molar-refractivity contribution in [2.45, 2.75) is 10.1 Å². The van der Waals surface area contributed by atoms with Crippen LogP contribution in [-0.4, -0.2) is 36.7 Å². The van der Waals surface area contributed by atoms with Crippen molar-refractivity contribution in [2.75, 3.05) is 18.9 Å². The van der Waals surface area contributed by atoms with E-state index in [1.165, 1.54) is 0 Å². The number of aromatic nitrogens is 2. The average Bonchev–Trinajstić information content (AvgIpc) is 2.66. The molecule has 6 nitrogen and oxygen atoms in total. The van der Waals surface area contributed by atoms with Gasteiger partial charge in [-0.1, -0.05) is 6.07 Å². The molecule has 8 heteroatoms. The molecule has 0 atom stereocenters. The summed E-state index contributed by atoms with van der Waals surface area (Å²) in [4.78, 5) is 0.280. The predicted molar refractivity (Wildman–Crippen MR) is 82.5 cm³/mol. The fraction of sp³-hybridized carbons (Fsp3) is 0.308. The number of hydrogen-bond acceptors (Lipinski definition) is 5. The van der Waals surface area contributed by atoms with Crippen LogP contribution in [0.2, 0.25) is 0 Å². The molecule has 0 unspecified atom stereocenters. The molecule has 0 saturated carbocycles. The Balaban J connectivity index is 2.02. The molecule has 3 rings (SSSR count). The topological polar surface area (TPSA) is 87.2 Å². The van der Waals surface area contributed by atoms with Gasteiger partial charge in [0.15, 0.2) is 9.84 Å². The maximum Gasteiger partial charge on any atom is 0.186 e. The van der Waals surface area contributed by atoms with Gasteiger partial charge in [0.25, 0.3) is 0 Å². The average molecular weight is 372 g/mol. The van der Waals surface area contributed by atoms with E-state index in [2.05, 4.69) is 21.0 Å². The minimum Gasteiger partial charge on any atom is -0.383 e. The van der Waals surface area contributed by atoms with Crippen molar-refractivity contribution in [3.8, 4) is 11.1 Å². The van der Waals surface area contributed by atoms with E-state index >= 15 is 0 Å². The third-order valence-corrected chi connectivity index (χ3v) is 6.62. The minimum absolute atomic E-state index is 0.256. The molecule has 0 amide bonds. The number of nitrogen functional groups attached to an aromatic ring is 1. The van der Waals surface area contributed by atoms with Crippen molar-refractivity contribution < 1.29 is 13.2 Å². The Hall–Kier alpha value is -1.38. The molecule has 2 N–H and O–H groups in total. The van der Waals surface area contributed by atoms with Gasteiger partial charge in [0.1, 0.15) is 11.1 Å². The van der Waals surface area contributed by atoms with Gasteiger partial charge in [-0.05, 0) is 33.6 Å². The van der Waals surface area contributed by atoms with Crippen LogP contribution < -0.4 is 5.73 Å². The molecule has 1 aromatic carbocycles. The summed E-state index contributed by atoms with van der Waals surface area (Å²) < 4.78 is 31.9. The molecule has 0 spiro atoms. The molecule has 0 radical (unpaired) electrons. The summed E-state index contributed by atoms with van der Waals surface area (Å²) in [6, 6.07) is 5.09. The molecule has 112 valence electrons. The molecule has 0 aliphatic carbocycles. The van der Waals surface area contributed by atoms with Gasteiger partial charge < -0.3 is 10.5 Å². The number of nitrogens with two attached hydrogens (primary N) is 1. The molecule has 0 bridgehead atoms. The number of ether oxygens (including phenoxy) is 1. The highest BCUT2D eigenvalue weighted by Gasteiger charge is 2.35. The summed E-state index contributed by atoms with van der Waals surface area (Å²) in [6.45, 7) is 0.512. The minimum atomic E-state index is -3.36. The van der Waals surface area contributed by atoms with Crippen molar-refractivity contribution in [2.24, 2.45) is 7.05 Å². The zero-order valence-electron chi connectivity index (χ0n) is 11.3. The lowest BCUT2D eigenvalue weighted by atomic mass is 10.1. The smallest absolute Gasteiger partial charge is 0.186 e. The van der Waals surface area contributed by atoms with Gasteiger partial charge in [0.2, 0.25) is 0 Å². The van der Waals surface area contributed by atoms with Gasteiger partial charge in [-0.2, -0.15) is 5.10 Å². The van der Waals surface area contributed by atoms with Crippen LogP contribution in [0.1, 0.15) is 0 Å². The molecule has 1 aromatic heterocycles. The summed E-state index contributed by atoms with van der Waals surface area (Å²) in [6.07, 6.45) is 1.66. The highest BCUT2D eigenvalue weighted by molar-refractivity contribution is 9.10. The molecule has 21 heavy (non-hydrogen) atoms. The summed E-state index contributed by atoms with van der Waals surface area (Å²) >= 11 is 3.35. The molecule has 1 aliphatic rings. The fourth-order valence-corrected chi connectivity index (χ4v) is 4.70. The maximum atomic E-state index is 12.4. The lowest BCUT2D eigenvalue weighted by Gasteiger charge is -2.26. The molecule has 1 saturated heterocycles. The Labute approximate surface area is 130 Å².